The fraction of sp³-hybridized carbons (Fsp3) is 0.812. The molecule has 0 amide bonds. The second-order valence-electron chi connectivity index (χ2n) is 4.96. The normalized spacial score (nSPS) is 10.3. The number of esters is 1. The van der Waals surface area contributed by atoms with E-state index in [1.807, 2.05) is 0 Å². The lowest BCUT2D eigenvalue weighted by atomic mass is 10.1. The first-order chi connectivity index (χ1) is 8.72. The van der Waals surface area contributed by atoms with Crippen LogP contribution in [0.15, 0.2) is 12.2 Å². The van der Waals surface area contributed by atoms with Crippen LogP contribution < -0.4 is 0 Å². The molecule has 106 valence electrons. The van der Waals surface area contributed by atoms with Gasteiger partial charge < -0.3 is 4.74 Å². The lowest BCUT2D eigenvalue weighted by Gasteiger charge is -2.06. The van der Waals surface area contributed by atoms with E-state index >= 15 is 0 Å². The van der Waals surface area contributed by atoms with Gasteiger partial charge >= 0.3 is 5.97 Å². The Morgan fingerprint density at radius 1 is 0.889 bits per heavy atom. The van der Waals surface area contributed by atoms with Gasteiger partial charge in [0.2, 0.25) is 0 Å². The van der Waals surface area contributed by atoms with Crippen molar-refractivity contribution in [3.8, 4) is 0 Å². The second kappa shape index (κ2) is 12.7. The topological polar surface area (TPSA) is 26.3 Å². The van der Waals surface area contributed by atoms with Crippen molar-refractivity contribution < 1.29 is 9.53 Å². The van der Waals surface area contributed by atoms with Crippen molar-refractivity contribution in [2.24, 2.45) is 0 Å². The Morgan fingerprint density at radius 2 is 1.44 bits per heavy atom. The van der Waals surface area contributed by atoms with Crippen molar-refractivity contribution in [3.63, 3.8) is 0 Å². The van der Waals surface area contributed by atoms with Crippen LogP contribution in [-0.2, 0) is 9.53 Å². The molecule has 18 heavy (non-hydrogen) atoms. The van der Waals surface area contributed by atoms with Crippen LogP contribution in [0.25, 0.3) is 0 Å². The molecule has 0 fully saturated rings. The van der Waals surface area contributed by atoms with Crippen LogP contribution in [0.5, 0.6) is 0 Å². The molecule has 0 spiro atoms. The van der Waals surface area contributed by atoms with Crippen LogP contribution in [0.4, 0.5) is 0 Å². The van der Waals surface area contributed by atoms with Crippen LogP contribution in [0.3, 0.4) is 0 Å². The predicted octanol–water partition coefficient (Wildman–Crippen LogP) is 5.03. The Labute approximate surface area is 113 Å². The zero-order valence-corrected chi connectivity index (χ0v) is 12.3. The van der Waals surface area contributed by atoms with Crippen molar-refractivity contribution in [2.75, 3.05) is 6.61 Å². The number of carbonyl (C=O) groups is 1. The molecule has 2 heteroatoms. The third-order valence-electron chi connectivity index (χ3n) is 3.10. The van der Waals surface area contributed by atoms with Gasteiger partial charge in [0.05, 0.1) is 6.61 Å². The highest BCUT2D eigenvalue weighted by atomic mass is 16.5. The molecular weight excluding hydrogens is 224 g/mol. The van der Waals surface area contributed by atoms with Gasteiger partial charge in [-0.25, -0.2) is 4.79 Å². The average molecular weight is 254 g/mol. The molecular formula is C16H30O2. The molecule has 0 rings (SSSR count). The van der Waals surface area contributed by atoms with Crippen LogP contribution in [0, 0.1) is 0 Å². The fourth-order valence-corrected chi connectivity index (χ4v) is 1.84. The number of rotatable bonds is 12. The molecule has 2 nitrogen and oxygen atoms in total. The summed E-state index contributed by atoms with van der Waals surface area (Å²) < 4.78 is 5.16. The van der Waals surface area contributed by atoms with E-state index in [-0.39, 0.29) is 5.97 Å². The molecule has 0 bridgehead atoms. The van der Waals surface area contributed by atoms with E-state index in [1.165, 1.54) is 32.1 Å². The minimum atomic E-state index is -0.195. The Bertz CT molecular complexity index is 221. The molecule has 0 aromatic heterocycles. The van der Waals surface area contributed by atoms with Crippen molar-refractivity contribution in [2.45, 2.75) is 78.1 Å². The van der Waals surface area contributed by atoms with Gasteiger partial charge in [-0.3, -0.25) is 0 Å². The van der Waals surface area contributed by atoms with Crippen LogP contribution in [0.1, 0.15) is 78.1 Å². The summed E-state index contributed by atoms with van der Waals surface area (Å²) in [5.41, 5.74) is 0.641. The Balaban J connectivity index is 3.41. The zero-order valence-electron chi connectivity index (χ0n) is 12.3. The van der Waals surface area contributed by atoms with Crippen molar-refractivity contribution in [1.29, 1.82) is 0 Å². The number of hydrogen-bond donors (Lipinski definition) is 0. The molecule has 0 aromatic carbocycles. The van der Waals surface area contributed by atoms with Crippen molar-refractivity contribution in [1.82, 2.24) is 0 Å². The summed E-state index contributed by atoms with van der Waals surface area (Å²) in [6, 6.07) is 0. The Kier molecular flexibility index (Phi) is 12.1. The molecule has 0 saturated carbocycles. The smallest absolute Gasteiger partial charge is 0.333 e. The average Bonchev–Trinajstić information content (AvgIpc) is 2.38. The SMILES string of the molecule is C=C(CCCCCCCC)C(=O)OCCCCC. The first kappa shape index (κ1) is 17.2. The van der Waals surface area contributed by atoms with Gasteiger partial charge in [0.25, 0.3) is 0 Å². The van der Waals surface area contributed by atoms with Gasteiger partial charge in [-0.05, 0) is 19.3 Å². The number of carbonyl (C=O) groups excluding carboxylic acids is 1. The first-order valence-corrected chi connectivity index (χ1v) is 7.57. The van der Waals surface area contributed by atoms with E-state index in [0.717, 1.165) is 32.1 Å². The lowest BCUT2D eigenvalue weighted by Crippen LogP contribution is -2.08. The van der Waals surface area contributed by atoms with E-state index < -0.39 is 0 Å². The summed E-state index contributed by atoms with van der Waals surface area (Å²) >= 11 is 0. The number of hydrogen-bond acceptors (Lipinski definition) is 2. The zero-order chi connectivity index (χ0) is 13.6. The molecule has 0 unspecified atom stereocenters. The second-order valence-corrected chi connectivity index (χ2v) is 4.96. The fourth-order valence-electron chi connectivity index (χ4n) is 1.84. The number of unbranched alkanes of at least 4 members (excludes halogenated alkanes) is 7. The lowest BCUT2D eigenvalue weighted by molar-refractivity contribution is -0.139. The molecule has 0 aliphatic heterocycles. The summed E-state index contributed by atoms with van der Waals surface area (Å²) in [5, 5.41) is 0. The molecule has 0 aliphatic carbocycles. The van der Waals surface area contributed by atoms with E-state index in [9.17, 15) is 4.79 Å². The van der Waals surface area contributed by atoms with Gasteiger partial charge in [-0.1, -0.05) is 65.4 Å². The molecule has 0 atom stereocenters. The first-order valence-electron chi connectivity index (χ1n) is 7.57. The van der Waals surface area contributed by atoms with E-state index in [0.29, 0.717) is 12.2 Å². The predicted molar refractivity (Wildman–Crippen MR) is 77.6 cm³/mol. The molecule has 0 aromatic rings. The highest BCUT2D eigenvalue weighted by molar-refractivity contribution is 5.87. The summed E-state index contributed by atoms with van der Waals surface area (Å²) in [6.45, 7) is 8.71. The maximum Gasteiger partial charge on any atom is 0.333 e. The van der Waals surface area contributed by atoms with Gasteiger partial charge in [0.15, 0.2) is 0 Å². The van der Waals surface area contributed by atoms with E-state index in [2.05, 4.69) is 20.4 Å². The molecule has 0 saturated heterocycles. The van der Waals surface area contributed by atoms with Crippen LogP contribution in [0.2, 0.25) is 0 Å². The van der Waals surface area contributed by atoms with Crippen LogP contribution >= 0.6 is 0 Å². The highest BCUT2D eigenvalue weighted by Crippen LogP contribution is 2.12. The van der Waals surface area contributed by atoms with Gasteiger partial charge in [0, 0.05) is 5.57 Å². The quantitative estimate of drug-likeness (QED) is 0.277. The van der Waals surface area contributed by atoms with Crippen LogP contribution in [-0.4, -0.2) is 12.6 Å². The summed E-state index contributed by atoms with van der Waals surface area (Å²) in [5.74, 6) is -0.195. The Morgan fingerprint density at radius 3 is 2.11 bits per heavy atom. The molecule has 0 aliphatic rings. The molecule has 0 radical (unpaired) electrons. The standard InChI is InChI=1S/C16H30O2/c1-4-6-8-9-10-11-13-15(3)16(17)18-14-12-7-5-2/h3-14H2,1-2H3. The minimum Gasteiger partial charge on any atom is -0.462 e. The monoisotopic (exact) mass is 254 g/mol. The maximum atomic E-state index is 11.6. The largest absolute Gasteiger partial charge is 0.462 e. The molecule has 0 heterocycles. The highest BCUT2D eigenvalue weighted by Gasteiger charge is 2.07. The minimum absolute atomic E-state index is 0.195. The third-order valence-corrected chi connectivity index (χ3v) is 3.10. The molecule has 0 N–H and O–H groups in total. The van der Waals surface area contributed by atoms with E-state index in [1.54, 1.807) is 0 Å². The maximum absolute atomic E-state index is 11.6. The third kappa shape index (κ3) is 10.4. The summed E-state index contributed by atoms with van der Waals surface area (Å²) in [6.07, 6.45) is 11.5. The van der Waals surface area contributed by atoms with Gasteiger partial charge in [-0.15, -0.1) is 0 Å². The summed E-state index contributed by atoms with van der Waals surface area (Å²) in [7, 11) is 0. The Hall–Kier alpha value is -0.790. The van der Waals surface area contributed by atoms with Gasteiger partial charge in [-0.2, -0.15) is 0 Å². The van der Waals surface area contributed by atoms with E-state index in [4.69, 9.17) is 4.74 Å². The number of ether oxygens (including phenoxy) is 1. The van der Waals surface area contributed by atoms with Gasteiger partial charge in [0.1, 0.15) is 0 Å². The van der Waals surface area contributed by atoms with Crippen molar-refractivity contribution in [3.05, 3.63) is 12.2 Å². The summed E-state index contributed by atoms with van der Waals surface area (Å²) in [4.78, 5) is 11.6. The van der Waals surface area contributed by atoms with Crippen molar-refractivity contribution >= 4 is 5.97 Å².